The van der Waals surface area contributed by atoms with Crippen molar-refractivity contribution in [2.24, 2.45) is 0 Å². The zero-order valence-electron chi connectivity index (χ0n) is 16.4. The third kappa shape index (κ3) is 4.14. The average molecular weight is 392 g/mol. The van der Waals surface area contributed by atoms with Gasteiger partial charge in [0.05, 0.1) is 26.7 Å². The molecule has 0 aliphatic heterocycles. The summed E-state index contributed by atoms with van der Waals surface area (Å²) in [5, 5.41) is 3.65. The van der Waals surface area contributed by atoms with Gasteiger partial charge in [0.1, 0.15) is 0 Å². The van der Waals surface area contributed by atoms with E-state index in [4.69, 9.17) is 25.8 Å². The van der Waals surface area contributed by atoms with Gasteiger partial charge in [-0.05, 0) is 30.5 Å². The first kappa shape index (κ1) is 20.9. The van der Waals surface area contributed by atoms with Gasteiger partial charge in [-0.3, -0.25) is 4.79 Å². The third-order valence-electron chi connectivity index (χ3n) is 4.96. The molecular weight excluding hydrogens is 366 g/mol. The first-order chi connectivity index (χ1) is 12.9. The molecule has 0 fully saturated rings. The zero-order valence-corrected chi connectivity index (χ0v) is 17.1. The van der Waals surface area contributed by atoms with Crippen LogP contribution in [-0.4, -0.2) is 27.2 Å². The van der Waals surface area contributed by atoms with Gasteiger partial charge in [-0.25, -0.2) is 0 Å². The normalized spacial score (nSPS) is 11.0. The minimum atomic E-state index is -0.662. The van der Waals surface area contributed by atoms with Crippen LogP contribution in [0.15, 0.2) is 36.4 Å². The van der Waals surface area contributed by atoms with Crippen molar-refractivity contribution in [3.05, 3.63) is 47.0 Å². The Morgan fingerprint density at radius 2 is 1.48 bits per heavy atom. The lowest BCUT2D eigenvalue weighted by atomic mass is 9.75. The summed E-state index contributed by atoms with van der Waals surface area (Å²) in [4.78, 5) is 13.3. The van der Waals surface area contributed by atoms with E-state index >= 15 is 0 Å². The zero-order chi connectivity index (χ0) is 20.0. The summed E-state index contributed by atoms with van der Waals surface area (Å²) in [5.41, 5.74) is 0.849. The summed E-state index contributed by atoms with van der Waals surface area (Å²) in [6.45, 7) is 4.01. The summed E-state index contributed by atoms with van der Waals surface area (Å²) in [7, 11) is 4.62. The quantitative estimate of drug-likeness (QED) is 0.683. The number of anilines is 1. The van der Waals surface area contributed by atoms with E-state index in [2.05, 4.69) is 5.32 Å². The Hall–Kier alpha value is -2.40. The van der Waals surface area contributed by atoms with E-state index in [0.717, 1.165) is 5.56 Å². The second-order valence-corrected chi connectivity index (χ2v) is 6.60. The first-order valence-corrected chi connectivity index (χ1v) is 9.21. The van der Waals surface area contributed by atoms with E-state index in [1.165, 1.54) is 0 Å². The number of nitrogens with one attached hydrogen (secondary N) is 1. The summed E-state index contributed by atoms with van der Waals surface area (Å²) in [6, 6.07) is 10.9. The van der Waals surface area contributed by atoms with Crippen LogP contribution in [0.25, 0.3) is 0 Å². The van der Waals surface area contributed by atoms with Gasteiger partial charge in [-0.15, -0.1) is 0 Å². The molecule has 146 valence electrons. The first-order valence-electron chi connectivity index (χ1n) is 8.83. The summed E-state index contributed by atoms with van der Waals surface area (Å²) in [6.07, 6.45) is 1.31. The molecule has 0 unspecified atom stereocenters. The van der Waals surface area contributed by atoms with Crippen LogP contribution >= 0.6 is 11.6 Å². The van der Waals surface area contributed by atoms with Crippen molar-refractivity contribution in [1.82, 2.24) is 0 Å². The Morgan fingerprint density at radius 1 is 0.963 bits per heavy atom. The van der Waals surface area contributed by atoms with Crippen LogP contribution in [0.3, 0.4) is 0 Å². The number of amides is 1. The Morgan fingerprint density at radius 3 is 1.89 bits per heavy atom. The molecule has 0 aliphatic carbocycles. The van der Waals surface area contributed by atoms with Gasteiger partial charge in [-0.2, -0.15) is 0 Å². The van der Waals surface area contributed by atoms with Crippen LogP contribution in [0, 0.1) is 0 Å². The number of hydrogen-bond acceptors (Lipinski definition) is 4. The molecule has 2 aromatic carbocycles. The molecule has 1 amide bonds. The molecule has 27 heavy (non-hydrogen) atoms. The molecule has 0 radical (unpaired) electrons. The van der Waals surface area contributed by atoms with Crippen molar-refractivity contribution >= 4 is 23.2 Å². The Balaban J connectivity index is 2.42. The van der Waals surface area contributed by atoms with E-state index in [1.807, 2.05) is 38.1 Å². The van der Waals surface area contributed by atoms with Gasteiger partial charge in [0, 0.05) is 22.8 Å². The van der Waals surface area contributed by atoms with Crippen LogP contribution in [0.2, 0.25) is 5.02 Å². The maximum absolute atomic E-state index is 13.3. The molecule has 2 rings (SSSR count). The van der Waals surface area contributed by atoms with Gasteiger partial charge in [0.15, 0.2) is 11.5 Å². The van der Waals surface area contributed by atoms with Crippen molar-refractivity contribution in [2.75, 3.05) is 26.6 Å². The summed E-state index contributed by atoms with van der Waals surface area (Å²) in [5.74, 6) is 1.35. The van der Waals surface area contributed by atoms with Gasteiger partial charge in [0.25, 0.3) is 0 Å². The number of benzene rings is 2. The van der Waals surface area contributed by atoms with Crippen LogP contribution < -0.4 is 19.5 Å². The highest BCUT2D eigenvalue weighted by molar-refractivity contribution is 6.30. The van der Waals surface area contributed by atoms with Crippen molar-refractivity contribution < 1.29 is 19.0 Å². The molecule has 0 aliphatic rings. The van der Waals surface area contributed by atoms with Crippen molar-refractivity contribution in [1.29, 1.82) is 0 Å². The molecule has 0 heterocycles. The highest BCUT2D eigenvalue weighted by Gasteiger charge is 2.37. The molecule has 0 atom stereocenters. The fraction of sp³-hybridized carbons (Fsp3) is 0.381. The molecule has 0 spiro atoms. The number of carbonyl (C=O) groups is 1. The maximum atomic E-state index is 13.3. The lowest BCUT2D eigenvalue weighted by Gasteiger charge is -2.31. The van der Waals surface area contributed by atoms with Crippen molar-refractivity contribution in [2.45, 2.75) is 32.1 Å². The topological polar surface area (TPSA) is 56.8 Å². The largest absolute Gasteiger partial charge is 0.493 e. The minimum Gasteiger partial charge on any atom is -0.493 e. The van der Waals surface area contributed by atoms with E-state index < -0.39 is 5.41 Å². The number of ether oxygens (including phenoxy) is 3. The second-order valence-electron chi connectivity index (χ2n) is 6.16. The Labute approximate surface area is 165 Å². The van der Waals surface area contributed by atoms with E-state index in [-0.39, 0.29) is 5.91 Å². The number of carbonyl (C=O) groups excluding carboxylic acids is 1. The number of hydrogen-bond donors (Lipinski definition) is 1. The fourth-order valence-corrected chi connectivity index (χ4v) is 3.41. The number of halogens is 1. The lowest BCUT2D eigenvalue weighted by molar-refractivity contribution is -0.121. The Kier molecular flexibility index (Phi) is 6.97. The smallest absolute Gasteiger partial charge is 0.235 e. The highest BCUT2D eigenvalue weighted by atomic mass is 35.5. The minimum absolute atomic E-state index is 0.0934. The fourth-order valence-electron chi connectivity index (χ4n) is 3.28. The predicted molar refractivity (Wildman–Crippen MR) is 108 cm³/mol. The molecule has 2 aromatic rings. The molecule has 6 heteroatoms. The van der Waals surface area contributed by atoms with Crippen molar-refractivity contribution in [3.63, 3.8) is 0 Å². The number of rotatable bonds is 8. The molecule has 0 saturated heterocycles. The number of methoxy groups -OCH3 is 3. The molecule has 1 N–H and O–H groups in total. The van der Waals surface area contributed by atoms with Gasteiger partial charge >= 0.3 is 0 Å². The SMILES string of the molecule is CCC(CC)(C(=O)Nc1cc(OC)c(OC)c(OC)c1)c1ccc(Cl)cc1. The standard InChI is InChI=1S/C21H26ClNO4/c1-6-21(7-2,14-8-10-15(22)11-9-14)20(24)23-16-12-17(25-3)19(27-5)18(13-16)26-4/h8-13H,6-7H2,1-5H3,(H,23,24). The molecule has 0 saturated carbocycles. The monoisotopic (exact) mass is 391 g/mol. The van der Waals surface area contributed by atoms with Crippen LogP contribution in [0.1, 0.15) is 32.3 Å². The molecular formula is C21H26ClNO4. The van der Waals surface area contributed by atoms with Gasteiger partial charge in [-0.1, -0.05) is 37.6 Å². The third-order valence-corrected chi connectivity index (χ3v) is 5.21. The van der Waals surface area contributed by atoms with Crippen molar-refractivity contribution in [3.8, 4) is 17.2 Å². The van der Waals surface area contributed by atoms with E-state index in [1.54, 1.807) is 33.5 Å². The Bertz CT molecular complexity index is 760. The van der Waals surface area contributed by atoms with E-state index in [0.29, 0.717) is 40.8 Å². The van der Waals surface area contributed by atoms with Gasteiger partial charge in [0.2, 0.25) is 11.7 Å². The second kappa shape index (κ2) is 9.00. The predicted octanol–water partition coefficient (Wildman–Crippen LogP) is 5.06. The summed E-state index contributed by atoms with van der Waals surface area (Å²) >= 11 is 6.01. The summed E-state index contributed by atoms with van der Waals surface area (Å²) < 4.78 is 16.1. The van der Waals surface area contributed by atoms with E-state index in [9.17, 15) is 4.79 Å². The van der Waals surface area contributed by atoms with Crippen LogP contribution in [-0.2, 0) is 10.2 Å². The average Bonchev–Trinajstić information content (AvgIpc) is 2.69. The van der Waals surface area contributed by atoms with Crippen LogP contribution in [0.4, 0.5) is 5.69 Å². The van der Waals surface area contributed by atoms with Gasteiger partial charge < -0.3 is 19.5 Å². The maximum Gasteiger partial charge on any atom is 0.235 e. The molecule has 5 nitrogen and oxygen atoms in total. The lowest BCUT2D eigenvalue weighted by Crippen LogP contribution is -2.39. The molecule has 0 aromatic heterocycles. The molecule has 0 bridgehead atoms. The highest BCUT2D eigenvalue weighted by Crippen LogP contribution is 2.41. The van der Waals surface area contributed by atoms with Crippen LogP contribution in [0.5, 0.6) is 17.2 Å².